The summed E-state index contributed by atoms with van der Waals surface area (Å²) < 4.78 is 13.2. The maximum Gasteiger partial charge on any atom is 0.181 e. The van der Waals surface area contributed by atoms with Crippen molar-refractivity contribution in [3.63, 3.8) is 0 Å². The Kier molecular flexibility index (Phi) is 2.83. The van der Waals surface area contributed by atoms with Crippen molar-refractivity contribution in [3.05, 3.63) is 40.6 Å². The molecule has 2 heterocycles. The van der Waals surface area contributed by atoms with Crippen LogP contribution < -0.4 is 0 Å². The first-order chi connectivity index (χ1) is 7.58. The van der Waals surface area contributed by atoms with Gasteiger partial charge < -0.3 is 0 Å². The highest BCUT2D eigenvalue weighted by Crippen LogP contribution is 2.19. The van der Waals surface area contributed by atoms with Crippen molar-refractivity contribution in [2.45, 2.75) is 13.8 Å². The molecule has 0 atom stereocenters. The van der Waals surface area contributed by atoms with Gasteiger partial charge in [0.2, 0.25) is 0 Å². The van der Waals surface area contributed by atoms with E-state index in [2.05, 4.69) is 15.0 Å². The van der Waals surface area contributed by atoms with E-state index in [9.17, 15) is 4.39 Å². The third-order valence-corrected chi connectivity index (χ3v) is 2.37. The summed E-state index contributed by atoms with van der Waals surface area (Å²) in [5.41, 5.74) is 1.83. The molecular weight excluding hydrogens is 229 g/mol. The predicted molar refractivity (Wildman–Crippen MR) is 59.7 cm³/mol. The fraction of sp³-hybridized carbons (Fsp3) is 0.182. The molecule has 0 aromatic carbocycles. The van der Waals surface area contributed by atoms with Gasteiger partial charge >= 0.3 is 0 Å². The monoisotopic (exact) mass is 237 g/mol. The highest BCUT2D eigenvalue weighted by Gasteiger charge is 2.11. The van der Waals surface area contributed by atoms with Crippen molar-refractivity contribution in [2.24, 2.45) is 0 Å². The number of aromatic nitrogens is 3. The number of aryl methyl sites for hydroxylation is 2. The van der Waals surface area contributed by atoms with Gasteiger partial charge in [-0.2, -0.15) is 0 Å². The van der Waals surface area contributed by atoms with Gasteiger partial charge in [-0.1, -0.05) is 17.7 Å². The molecule has 0 aliphatic heterocycles. The third kappa shape index (κ3) is 2.02. The number of pyridine rings is 1. The van der Waals surface area contributed by atoms with Crippen LogP contribution in [0.15, 0.2) is 18.3 Å². The van der Waals surface area contributed by atoms with Gasteiger partial charge in [-0.3, -0.25) is 4.98 Å². The zero-order chi connectivity index (χ0) is 11.7. The molecule has 0 fully saturated rings. The number of hydrogen-bond acceptors (Lipinski definition) is 3. The molecule has 0 aliphatic rings. The predicted octanol–water partition coefficient (Wildman–Crippen LogP) is 2.95. The minimum Gasteiger partial charge on any atom is -0.253 e. The average molecular weight is 238 g/mol. The summed E-state index contributed by atoms with van der Waals surface area (Å²) in [5.74, 6) is -0.249. The van der Waals surface area contributed by atoms with E-state index >= 15 is 0 Å². The first-order valence-corrected chi connectivity index (χ1v) is 5.08. The quantitative estimate of drug-likeness (QED) is 0.716. The van der Waals surface area contributed by atoms with Crippen molar-refractivity contribution in [2.75, 3.05) is 0 Å². The maximum atomic E-state index is 13.2. The van der Waals surface area contributed by atoms with Crippen LogP contribution in [0.25, 0.3) is 11.5 Å². The van der Waals surface area contributed by atoms with Gasteiger partial charge in [0, 0.05) is 6.20 Å². The molecule has 2 rings (SSSR count). The maximum absolute atomic E-state index is 13.2. The molecule has 0 saturated heterocycles. The van der Waals surface area contributed by atoms with Gasteiger partial charge in [0.15, 0.2) is 16.8 Å². The van der Waals surface area contributed by atoms with E-state index in [0.29, 0.717) is 11.5 Å². The summed E-state index contributed by atoms with van der Waals surface area (Å²) in [6, 6.07) is 3.66. The van der Waals surface area contributed by atoms with Crippen LogP contribution in [0.5, 0.6) is 0 Å². The van der Waals surface area contributed by atoms with Crippen molar-refractivity contribution >= 4 is 11.6 Å². The molecule has 0 bridgehead atoms. The first-order valence-electron chi connectivity index (χ1n) is 4.70. The lowest BCUT2D eigenvalue weighted by Gasteiger charge is -2.03. The van der Waals surface area contributed by atoms with Crippen LogP contribution in [0.2, 0.25) is 5.15 Å². The van der Waals surface area contributed by atoms with Crippen LogP contribution in [-0.4, -0.2) is 15.0 Å². The highest BCUT2D eigenvalue weighted by molar-refractivity contribution is 6.29. The Morgan fingerprint density at radius 2 is 1.94 bits per heavy atom. The number of rotatable bonds is 1. The molecule has 82 valence electrons. The Bertz CT molecular complexity index is 502. The molecule has 0 saturated carbocycles. The van der Waals surface area contributed by atoms with Crippen LogP contribution in [0.4, 0.5) is 4.39 Å². The van der Waals surface area contributed by atoms with E-state index in [4.69, 9.17) is 11.6 Å². The van der Waals surface area contributed by atoms with Gasteiger partial charge in [-0.25, -0.2) is 14.4 Å². The summed E-state index contributed by atoms with van der Waals surface area (Å²) in [6.07, 6.45) is 1.70. The zero-order valence-electron chi connectivity index (χ0n) is 8.83. The molecule has 2 aromatic rings. The fourth-order valence-corrected chi connectivity index (χ4v) is 1.46. The number of hydrogen-bond donors (Lipinski definition) is 0. The Labute approximate surface area is 97.3 Å². The Morgan fingerprint density at radius 3 is 2.50 bits per heavy atom. The summed E-state index contributed by atoms with van der Waals surface area (Å²) in [4.78, 5) is 12.0. The molecule has 3 nitrogen and oxygen atoms in total. The molecule has 0 radical (unpaired) electrons. The van der Waals surface area contributed by atoms with Crippen LogP contribution in [-0.2, 0) is 0 Å². The van der Waals surface area contributed by atoms with Crippen LogP contribution >= 0.6 is 11.6 Å². The van der Waals surface area contributed by atoms with Crippen molar-refractivity contribution < 1.29 is 4.39 Å². The average Bonchev–Trinajstić information content (AvgIpc) is 2.26. The summed E-state index contributed by atoms with van der Waals surface area (Å²) in [5, 5.41) is -0.176. The molecule has 0 spiro atoms. The van der Waals surface area contributed by atoms with Gasteiger partial charge in [-0.05, 0) is 25.5 Å². The van der Waals surface area contributed by atoms with Gasteiger partial charge in [0.05, 0.1) is 5.69 Å². The van der Waals surface area contributed by atoms with Gasteiger partial charge in [0.1, 0.15) is 5.69 Å². The van der Waals surface area contributed by atoms with E-state index in [0.717, 1.165) is 5.56 Å². The Hall–Kier alpha value is -1.55. The van der Waals surface area contributed by atoms with Gasteiger partial charge in [0.25, 0.3) is 0 Å². The van der Waals surface area contributed by atoms with Crippen LogP contribution in [0, 0.1) is 19.7 Å². The summed E-state index contributed by atoms with van der Waals surface area (Å²) in [6.45, 7) is 3.47. The molecule has 2 aromatic heterocycles. The van der Waals surface area contributed by atoms with E-state index in [1.54, 1.807) is 19.2 Å². The molecule has 0 N–H and O–H groups in total. The van der Waals surface area contributed by atoms with E-state index in [1.807, 2.05) is 13.0 Å². The Balaban J connectivity index is 2.52. The lowest BCUT2D eigenvalue weighted by atomic mass is 10.2. The van der Waals surface area contributed by atoms with E-state index in [1.165, 1.54) is 0 Å². The fourth-order valence-electron chi connectivity index (χ4n) is 1.24. The zero-order valence-corrected chi connectivity index (χ0v) is 9.59. The second kappa shape index (κ2) is 4.14. The second-order valence-electron chi connectivity index (χ2n) is 3.46. The van der Waals surface area contributed by atoms with Crippen LogP contribution in [0.1, 0.15) is 11.3 Å². The smallest absolute Gasteiger partial charge is 0.181 e. The third-order valence-electron chi connectivity index (χ3n) is 2.12. The van der Waals surface area contributed by atoms with Crippen molar-refractivity contribution in [1.29, 1.82) is 0 Å². The molecule has 0 aliphatic carbocycles. The van der Waals surface area contributed by atoms with E-state index < -0.39 is 5.82 Å². The Morgan fingerprint density at radius 1 is 1.19 bits per heavy atom. The van der Waals surface area contributed by atoms with Crippen molar-refractivity contribution in [1.82, 2.24) is 15.0 Å². The molecule has 0 amide bonds. The van der Waals surface area contributed by atoms with Crippen LogP contribution in [0.3, 0.4) is 0 Å². The van der Waals surface area contributed by atoms with Gasteiger partial charge in [-0.15, -0.1) is 0 Å². The minimum absolute atomic E-state index is 0.176. The van der Waals surface area contributed by atoms with Crippen molar-refractivity contribution in [3.8, 4) is 11.5 Å². The lowest BCUT2D eigenvalue weighted by Crippen LogP contribution is -1.98. The highest BCUT2D eigenvalue weighted by atomic mass is 35.5. The minimum atomic E-state index is -0.586. The largest absolute Gasteiger partial charge is 0.253 e. The standard InChI is InChI=1S/C11H9ClFN3/c1-6-3-4-8(14-5-6)11-15-7(2)9(13)10(12)16-11/h3-5H,1-2H3. The number of halogens is 2. The molecule has 5 heteroatoms. The van der Waals surface area contributed by atoms with E-state index in [-0.39, 0.29) is 10.8 Å². The first kappa shape index (κ1) is 11.0. The lowest BCUT2D eigenvalue weighted by molar-refractivity contribution is 0.603. The summed E-state index contributed by atoms with van der Waals surface area (Å²) >= 11 is 5.65. The topological polar surface area (TPSA) is 38.7 Å². The SMILES string of the molecule is Cc1ccc(-c2nc(C)c(F)c(Cl)n2)nc1. The normalized spacial score (nSPS) is 10.5. The number of nitrogens with zero attached hydrogens (tertiary/aromatic N) is 3. The summed E-state index contributed by atoms with van der Waals surface area (Å²) in [7, 11) is 0. The molecule has 16 heavy (non-hydrogen) atoms. The molecular formula is C11H9ClFN3. The second-order valence-corrected chi connectivity index (χ2v) is 3.82. The molecule has 0 unspecified atom stereocenters.